The highest BCUT2D eigenvalue weighted by Gasteiger charge is 2.25. The van der Waals surface area contributed by atoms with E-state index >= 15 is 0 Å². The van der Waals surface area contributed by atoms with E-state index in [0.717, 1.165) is 18.1 Å². The molecule has 1 fully saturated rings. The molecule has 1 aliphatic carbocycles. The van der Waals surface area contributed by atoms with Crippen LogP contribution in [0.4, 0.5) is 11.5 Å². The minimum atomic E-state index is 0.519. The molecule has 0 saturated heterocycles. The van der Waals surface area contributed by atoms with Gasteiger partial charge >= 0.3 is 0 Å². The van der Waals surface area contributed by atoms with Crippen LogP contribution in [0, 0.1) is 5.92 Å². The van der Waals surface area contributed by atoms with Crippen molar-refractivity contribution >= 4 is 23.1 Å². The number of anilines is 2. The van der Waals surface area contributed by atoms with E-state index in [1.54, 1.807) is 6.07 Å². The predicted molar refractivity (Wildman–Crippen MR) is 78.1 cm³/mol. The highest BCUT2D eigenvalue weighted by Crippen LogP contribution is 2.31. The van der Waals surface area contributed by atoms with E-state index in [4.69, 9.17) is 17.3 Å². The Morgan fingerprint density at radius 2 is 2.06 bits per heavy atom. The fraction of sp³-hybridized carbons (Fsp3) is 0.643. The second-order valence-corrected chi connectivity index (χ2v) is 5.92. The first-order valence-corrected chi connectivity index (χ1v) is 7.14. The number of nitrogens with two attached hydrogens (primary N) is 1. The van der Waals surface area contributed by atoms with Crippen LogP contribution in [0.1, 0.15) is 39.5 Å². The maximum absolute atomic E-state index is 6.07. The van der Waals surface area contributed by atoms with Crippen molar-refractivity contribution in [1.82, 2.24) is 4.98 Å². The molecule has 3 nitrogen and oxygen atoms in total. The van der Waals surface area contributed by atoms with Crippen molar-refractivity contribution in [3.05, 3.63) is 17.3 Å². The summed E-state index contributed by atoms with van der Waals surface area (Å²) in [5.74, 6) is 1.45. The Kier molecular flexibility index (Phi) is 4.33. The Labute approximate surface area is 114 Å². The van der Waals surface area contributed by atoms with E-state index < -0.39 is 0 Å². The molecule has 0 unspecified atom stereocenters. The van der Waals surface area contributed by atoms with Gasteiger partial charge in [0.15, 0.2) is 5.82 Å². The van der Waals surface area contributed by atoms with Crippen molar-refractivity contribution in [2.75, 3.05) is 17.2 Å². The normalized spacial score (nSPS) is 16.4. The Morgan fingerprint density at radius 3 is 2.67 bits per heavy atom. The van der Waals surface area contributed by atoms with Gasteiger partial charge in [0, 0.05) is 12.6 Å². The van der Waals surface area contributed by atoms with Gasteiger partial charge in [-0.3, -0.25) is 0 Å². The van der Waals surface area contributed by atoms with Gasteiger partial charge in [0.25, 0.3) is 0 Å². The number of pyridine rings is 1. The van der Waals surface area contributed by atoms with Crippen LogP contribution in [0.25, 0.3) is 0 Å². The molecule has 100 valence electrons. The maximum atomic E-state index is 6.07. The van der Waals surface area contributed by atoms with Gasteiger partial charge in [-0.15, -0.1) is 0 Å². The van der Waals surface area contributed by atoms with Crippen molar-refractivity contribution in [3.63, 3.8) is 0 Å². The average Bonchev–Trinajstić information content (AvgIpc) is 2.82. The van der Waals surface area contributed by atoms with Gasteiger partial charge in [0.05, 0.1) is 5.69 Å². The molecule has 2 N–H and O–H groups in total. The number of rotatable bonds is 4. The number of hydrogen-bond acceptors (Lipinski definition) is 3. The molecule has 1 aromatic rings. The molecular weight excluding hydrogens is 246 g/mol. The van der Waals surface area contributed by atoms with Crippen LogP contribution in [-0.4, -0.2) is 17.6 Å². The lowest BCUT2D eigenvalue weighted by Gasteiger charge is -2.32. The standard InChI is InChI=1S/C14H22ClN3/c1-10(2)9-18(11-5-3-4-6-11)14-12(16)7-8-13(15)17-14/h7-8,10-11H,3-6,9,16H2,1-2H3. The smallest absolute Gasteiger partial charge is 0.153 e. The van der Waals surface area contributed by atoms with Crippen LogP contribution in [0.3, 0.4) is 0 Å². The summed E-state index contributed by atoms with van der Waals surface area (Å²) in [4.78, 5) is 6.80. The summed E-state index contributed by atoms with van der Waals surface area (Å²) in [6.07, 6.45) is 5.08. The number of nitrogen functional groups attached to an aromatic ring is 1. The number of aromatic nitrogens is 1. The molecule has 18 heavy (non-hydrogen) atoms. The Bertz CT molecular complexity index is 400. The van der Waals surface area contributed by atoms with Crippen LogP contribution in [0.15, 0.2) is 12.1 Å². The molecule has 0 aromatic carbocycles. The first-order valence-electron chi connectivity index (χ1n) is 6.76. The highest BCUT2D eigenvalue weighted by atomic mass is 35.5. The fourth-order valence-corrected chi connectivity index (χ4v) is 2.83. The SMILES string of the molecule is CC(C)CN(c1nc(Cl)ccc1N)C1CCCC1. The van der Waals surface area contributed by atoms with Crippen LogP contribution < -0.4 is 10.6 Å². The molecule has 1 heterocycles. The lowest BCUT2D eigenvalue weighted by molar-refractivity contribution is 0.532. The van der Waals surface area contributed by atoms with Gasteiger partial charge in [0.2, 0.25) is 0 Å². The molecular formula is C14H22ClN3. The fourth-order valence-electron chi connectivity index (χ4n) is 2.68. The van der Waals surface area contributed by atoms with Gasteiger partial charge in [-0.2, -0.15) is 0 Å². The van der Waals surface area contributed by atoms with E-state index in [-0.39, 0.29) is 0 Å². The third-order valence-electron chi connectivity index (χ3n) is 3.47. The van der Waals surface area contributed by atoms with Gasteiger partial charge in [0.1, 0.15) is 5.15 Å². The highest BCUT2D eigenvalue weighted by molar-refractivity contribution is 6.29. The van der Waals surface area contributed by atoms with Gasteiger partial charge in [-0.05, 0) is 30.9 Å². The molecule has 0 atom stereocenters. The molecule has 0 radical (unpaired) electrons. The summed E-state index contributed by atoms with van der Waals surface area (Å²) in [7, 11) is 0. The van der Waals surface area contributed by atoms with Crippen molar-refractivity contribution in [2.24, 2.45) is 5.92 Å². The first-order chi connectivity index (χ1) is 8.58. The summed E-state index contributed by atoms with van der Waals surface area (Å²) in [6, 6.07) is 4.18. The minimum absolute atomic E-state index is 0.519. The number of nitrogens with zero attached hydrogens (tertiary/aromatic N) is 2. The summed E-state index contributed by atoms with van der Waals surface area (Å²) < 4.78 is 0. The van der Waals surface area contributed by atoms with Crippen LogP contribution >= 0.6 is 11.6 Å². The molecule has 0 amide bonds. The summed E-state index contributed by atoms with van der Waals surface area (Å²) in [6.45, 7) is 5.44. The minimum Gasteiger partial charge on any atom is -0.396 e. The van der Waals surface area contributed by atoms with E-state index in [1.807, 2.05) is 6.07 Å². The van der Waals surface area contributed by atoms with Crippen LogP contribution in [0.2, 0.25) is 5.15 Å². The van der Waals surface area contributed by atoms with Crippen molar-refractivity contribution in [2.45, 2.75) is 45.6 Å². The van der Waals surface area contributed by atoms with Gasteiger partial charge < -0.3 is 10.6 Å². The maximum Gasteiger partial charge on any atom is 0.153 e. The summed E-state index contributed by atoms with van der Waals surface area (Å²) in [5.41, 5.74) is 6.80. The number of hydrogen-bond donors (Lipinski definition) is 1. The Hall–Kier alpha value is -0.960. The molecule has 1 aromatic heterocycles. The van der Waals surface area contributed by atoms with Crippen LogP contribution in [0.5, 0.6) is 0 Å². The molecule has 1 saturated carbocycles. The van der Waals surface area contributed by atoms with Gasteiger partial charge in [-0.25, -0.2) is 4.98 Å². The van der Waals surface area contributed by atoms with Crippen LogP contribution in [-0.2, 0) is 0 Å². The van der Waals surface area contributed by atoms with E-state index in [2.05, 4.69) is 23.7 Å². The predicted octanol–water partition coefficient (Wildman–Crippen LogP) is 3.72. The second kappa shape index (κ2) is 5.79. The Balaban J connectivity index is 2.29. The zero-order valence-electron chi connectivity index (χ0n) is 11.2. The van der Waals surface area contributed by atoms with Crippen molar-refractivity contribution in [1.29, 1.82) is 0 Å². The quantitative estimate of drug-likeness (QED) is 0.846. The zero-order chi connectivity index (χ0) is 13.1. The Morgan fingerprint density at radius 1 is 1.39 bits per heavy atom. The molecule has 2 rings (SSSR count). The summed E-state index contributed by atoms with van der Waals surface area (Å²) in [5, 5.41) is 0.519. The third kappa shape index (κ3) is 3.08. The van der Waals surface area contributed by atoms with E-state index in [9.17, 15) is 0 Å². The number of halogens is 1. The third-order valence-corrected chi connectivity index (χ3v) is 3.68. The van der Waals surface area contributed by atoms with E-state index in [1.165, 1.54) is 25.7 Å². The average molecular weight is 268 g/mol. The molecule has 0 spiro atoms. The lowest BCUT2D eigenvalue weighted by atomic mass is 10.1. The van der Waals surface area contributed by atoms with Gasteiger partial charge in [-0.1, -0.05) is 38.3 Å². The molecule has 4 heteroatoms. The molecule has 0 aliphatic heterocycles. The molecule has 0 bridgehead atoms. The van der Waals surface area contributed by atoms with Crippen molar-refractivity contribution < 1.29 is 0 Å². The zero-order valence-corrected chi connectivity index (χ0v) is 12.0. The lowest BCUT2D eigenvalue weighted by Crippen LogP contribution is -2.37. The van der Waals surface area contributed by atoms with Crippen molar-refractivity contribution in [3.8, 4) is 0 Å². The largest absolute Gasteiger partial charge is 0.396 e. The first kappa shape index (κ1) is 13.5. The second-order valence-electron chi connectivity index (χ2n) is 5.53. The van der Waals surface area contributed by atoms with E-state index in [0.29, 0.717) is 17.1 Å². The summed E-state index contributed by atoms with van der Waals surface area (Å²) >= 11 is 6.01. The topological polar surface area (TPSA) is 42.2 Å². The molecule has 1 aliphatic rings. The monoisotopic (exact) mass is 267 g/mol.